The second kappa shape index (κ2) is 11.5. The molecular weight excluding hydrogens is 518 g/mol. The summed E-state index contributed by atoms with van der Waals surface area (Å²) in [5.74, 6) is -2.27. The number of carbonyl (C=O) groups is 4. The Bertz CT molecular complexity index is 1190. The van der Waals surface area contributed by atoms with E-state index in [0.29, 0.717) is 35.8 Å². The summed E-state index contributed by atoms with van der Waals surface area (Å²) in [6, 6.07) is 2.22. The van der Waals surface area contributed by atoms with Gasteiger partial charge >= 0.3 is 11.8 Å². The second-order valence-corrected chi connectivity index (χ2v) is 11.1. The molecule has 2 aromatic rings. The number of thiazole rings is 1. The van der Waals surface area contributed by atoms with Crippen molar-refractivity contribution >= 4 is 52.4 Å². The molecule has 0 bridgehead atoms. The molecule has 2 aromatic heterocycles. The largest absolute Gasteiger partial charge is 0.349 e. The molecule has 0 spiro atoms. The van der Waals surface area contributed by atoms with E-state index >= 15 is 0 Å². The molecule has 1 aliphatic heterocycles. The van der Waals surface area contributed by atoms with E-state index in [1.807, 2.05) is 0 Å². The minimum Gasteiger partial charge on any atom is -0.349 e. The van der Waals surface area contributed by atoms with E-state index in [9.17, 15) is 19.2 Å². The van der Waals surface area contributed by atoms with E-state index in [1.54, 1.807) is 20.2 Å². The highest BCUT2D eigenvalue weighted by Gasteiger charge is 2.37. The Morgan fingerprint density at radius 2 is 1.89 bits per heavy atom. The lowest BCUT2D eigenvalue weighted by Crippen LogP contribution is -2.57. The fourth-order valence-corrected chi connectivity index (χ4v) is 5.64. The summed E-state index contributed by atoms with van der Waals surface area (Å²) < 4.78 is 0. The van der Waals surface area contributed by atoms with Crippen LogP contribution in [0.15, 0.2) is 18.3 Å². The SMILES string of the molecule is CC1Cc2nc(C(=O)N[C@@H]3C[C@@H](C(=O)N(C)C)CC[C@@H]3NC(=O)C(=O)Nc3ccc(Cl)cn3)sc2CN1. The van der Waals surface area contributed by atoms with Gasteiger partial charge in [-0.15, -0.1) is 11.3 Å². The maximum atomic E-state index is 13.2. The van der Waals surface area contributed by atoms with Gasteiger partial charge in [0.05, 0.1) is 16.8 Å². The zero-order chi connectivity index (χ0) is 26.7. The number of hydrogen-bond acceptors (Lipinski definition) is 8. The highest BCUT2D eigenvalue weighted by Crippen LogP contribution is 2.28. The lowest BCUT2D eigenvalue weighted by molar-refractivity contribution is -0.137. The summed E-state index contributed by atoms with van der Waals surface area (Å²) in [5, 5.41) is 12.2. The van der Waals surface area contributed by atoms with E-state index in [0.717, 1.165) is 17.0 Å². The van der Waals surface area contributed by atoms with Crippen LogP contribution < -0.4 is 21.3 Å². The van der Waals surface area contributed by atoms with E-state index in [4.69, 9.17) is 11.6 Å². The van der Waals surface area contributed by atoms with Crippen molar-refractivity contribution in [2.45, 2.75) is 57.3 Å². The monoisotopic (exact) mass is 547 g/mol. The van der Waals surface area contributed by atoms with Gasteiger partial charge in [0, 0.05) is 56.1 Å². The Kier molecular flexibility index (Phi) is 8.40. The van der Waals surface area contributed by atoms with Crippen LogP contribution >= 0.6 is 22.9 Å². The van der Waals surface area contributed by atoms with Crippen LogP contribution in [0.1, 0.15) is 46.6 Å². The number of fused-ring (bicyclic) bond motifs is 1. The van der Waals surface area contributed by atoms with Crippen molar-refractivity contribution in [3.05, 3.63) is 38.9 Å². The molecule has 37 heavy (non-hydrogen) atoms. The number of hydrogen-bond donors (Lipinski definition) is 4. The molecule has 2 aliphatic rings. The lowest BCUT2D eigenvalue weighted by atomic mass is 9.81. The van der Waals surface area contributed by atoms with Crippen molar-refractivity contribution in [2.24, 2.45) is 5.92 Å². The number of anilines is 1. The average Bonchev–Trinajstić information content (AvgIpc) is 3.29. The molecule has 0 radical (unpaired) electrons. The number of amides is 4. The number of nitrogens with zero attached hydrogens (tertiary/aromatic N) is 3. The van der Waals surface area contributed by atoms with Gasteiger partial charge < -0.3 is 26.2 Å². The molecule has 0 saturated heterocycles. The molecule has 4 rings (SSSR count). The fourth-order valence-electron chi connectivity index (χ4n) is 4.59. The Labute approximate surface area is 223 Å². The number of pyridine rings is 1. The van der Waals surface area contributed by atoms with Crippen LogP contribution in [-0.2, 0) is 27.3 Å². The van der Waals surface area contributed by atoms with E-state index < -0.39 is 23.9 Å². The van der Waals surface area contributed by atoms with Crippen molar-refractivity contribution in [1.29, 1.82) is 0 Å². The number of aromatic nitrogens is 2. The van der Waals surface area contributed by atoms with Gasteiger partial charge in [-0.2, -0.15) is 0 Å². The summed E-state index contributed by atoms with van der Waals surface area (Å²) in [6.07, 6.45) is 3.37. The number of halogens is 1. The minimum atomic E-state index is -0.888. The second-order valence-electron chi connectivity index (χ2n) is 9.59. The molecule has 11 nitrogen and oxygen atoms in total. The quantitative estimate of drug-likeness (QED) is 0.413. The first kappa shape index (κ1) is 27.0. The fraction of sp³-hybridized carbons (Fsp3) is 0.500. The van der Waals surface area contributed by atoms with Crippen molar-refractivity contribution < 1.29 is 19.2 Å². The van der Waals surface area contributed by atoms with Crippen LogP contribution in [0.2, 0.25) is 5.02 Å². The summed E-state index contributed by atoms with van der Waals surface area (Å²) in [7, 11) is 3.38. The topological polar surface area (TPSA) is 145 Å². The molecule has 1 fully saturated rings. The van der Waals surface area contributed by atoms with Crippen LogP contribution in [0.25, 0.3) is 0 Å². The van der Waals surface area contributed by atoms with Gasteiger partial charge in [-0.3, -0.25) is 19.2 Å². The summed E-state index contributed by atoms with van der Waals surface area (Å²) in [5.41, 5.74) is 0.919. The Morgan fingerprint density at radius 1 is 1.11 bits per heavy atom. The third-order valence-corrected chi connectivity index (χ3v) is 7.85. The van der Waals surface area contributed by atoms with Crippen LogP contribution in [0.5, 0.6) is 0 Å². The number of nitrogens with one attached hydrogen (secondary N) is 4. The summed E-state index contributed by atoms with van der Waals surface area (Å²) >= 11 is 7.15. The van der Waals surface area contributed by atoms with Crippen molar-refractivity contribution in [3.8, 4) is 0 Å². The molecule has 1 saturated carbocycles. The predicted molar refractivity (Wildman–Crippen MR) is 139 cm³/mol. The number of rotatable bonds is 5. The highest BCUT2D eigenvalue weighted by molar-refractivity contribution is 7.13. The van der Waals surface area contributed by atoms with Crippen LogP contribution in [0.3, 0.4) is 0 Å². The molecule has 1 unspecified atom stereocenters. The first-order valence-electron chi connectivity index (χ1n) is 12.1. The van der Waals surface area contributed by atoms with Crippen LogP contribution in [0, 0.1) is 5.92 Å². The van der Waals surface area contributed by atoms with Gasteiger partial charge in [-0.25, -0.2) is 9.97 Å². The molecule has 3 heterocycles. The molecule has 13 heteroatoms. The van der Waals surface area contributed by atoms with E-state index in [-0.39, 0.29) is 29.6 Å². The molecule has 198 valence electrons. The Hall–Kier alpha value is -3.09. The molecule has 4 amide bonds. The van der Waals surface area contributed by atoms with Crippen molar-refractivity contribution in [2.75, 3.05) is 19.4 Å². The molecular formula is C24H30ClN7O4S. The van der Waals surface area contributed by atoms with Gasteiger partial charge in [-0.1, -0.05) is 11.6 Å². The minimum absolute atomic E-state index is 0.0413. The first-order chi connectivity index (χ1) is 17.6. The van der Waals surface area contributed by atoms with Gasteiger partial charge in [0.2, 0.25) is 5.91 Å². The van der Waals surface area contributed by atoms with Gasteiger partial charge in [0.1, 0.15) is 5.82 Å². The molecule has 0 aromatic carbocycles. The maximum Gasteiger partial charge on any atom is 0.314 e. The first-order valence-corrected chi connectivity index (χ1v) is 13.3. The number of carbonyl (C=O) groups excluding carboxylic acids is 4. The zero-order valence-electron chi connectivity index (χ0n) is 20.8. The predicted octanol–water partition coefficient (Wildman–Crippen LogP) is 1.34. The molecule has 1 aliphatic carbocycles. The summed E-state index contributed by atoms with van der Waals surface area (Å²) in [6.45, 7) is 2.74. The molecule has 4 N–H and O–H groups in total. The van der Waals surface area contributed by atoms with Crippen molar-refractivity contribution in [3.63, 3.8) is 0 Å². The van der Waals surface area contributed by atoms with Crippen LogP contribution in [0.4, 0.5) is 5.82 Å². The summed E-state index contributed by atoms with van der Waals surface area (Å²) in [4.78, 5) is 62.0. The van der Waals surface area contributed by atoms with E-state index in [2.05, 4.69) is 38.2 Å². The maximum absolute atomic E-state index is 13.2. The highest BCUT2D eigenvalue weighted by atomic mass is 35.5. The standard InChI is InChI=1S/C24H30ClN7O4S/c1-12-8-17-18(11-26-12)37-23(30-17)22(35)29-16-9-13(24(36)32(2)3)4-6-15(16)28-20(33)21(34)31-19-7-5-14(25)10-27-19/h5,7,10,12-13,15-16,26H,4,6,8-9,11H2,1-3H3,(H,28,33)(H,29,35)(H,27,31,34)/t12?,13-,15-,16+/m0/s1. The Morgan fingerprint density at radius 3 is 2.59 bits per heavy atom. The van der Waals surface area contributed by atoms with Gasteiger partial charge in [-0.05, 0) is 38.3 Å². The average molecular weight is 548 g/mol. The van der Waals surface area contributed by atoms with Gasteiger partial charge in [0.25, 0.3) is 5.91 Å². The normalized spacial score (nSPS) is 22.9. The van der Waals surface area contributed by atoms with Crippen LogP contribution in [-0.4, -0.2) is 70.7 Å². The molecule has 4 atom stereocenters. The third kappa shape index (κ3) is 6.62. The van der Waals surface area contributed by atoms with Gasteiger partial charge in [0.15, 0.2) is 5.01 Å². The van der Waals surface area contributed by atoms with E-state index in [1.165, 1.54) is 28.5 Å². The third-order valence-electron chi connectivity index (χ3n) is 6.53. The smallest absolute Gasteiger partial charge is 0.314 e. The lowest BCUT2D eigenvalue weighted by Gasteiger charge is -2.37. The Balaban J connectivity index is 1.45. The zero-order valence-corrected chi connectivity index (χ0v) is 22.4. The van der Waals surface area contributed by atoms with Crippen molar-refractivity contribution in [1.82, 2.24) is 30.8 Å².